The SMILES string of the molecule is CCNC(=O)C(S)c1cc(C(=O)c2ccco2)sc1-c1ccc(Cl)cc1. The Kier molecular flexibility index (Phi) is 5.86. The minimum absolute atomic E-state index is 0.208. The summed E-state index contributed by atoms with van der Waals surface area (Å²) in [5, 5.41) is 2.69. The maximum Gasteiger partial charge on any atom is 0.238 e. The second-order valence-electron chi connectivity index (χ2n) is 5.51. The lowest BCUT2D eigenvalue weighted by Gasteiger charge is -2.11. The Bertz CT molecular complexity index is 917. The molecular formula is C19H16ClNO3S2. The molecule has 0 saturated carbocycles. The zero-order valence-corrected chi connectivity index (χ0v) is 16.3. The summed E-state index contributed by atoms with van der Waals surface area (Å²) in [4.78, 5) is 26.2. The largest absolute Gasteiger partial charge is 0.461 e. The number of benzene rings is 1. The Morgan fingerprint density at radius 1 is 1.27 bits per heavy atom. The molecule has 0 saturated heterocycles. The van der Waals surface area contributed by atoms with E-state index in [1.165, 1.54) is 17.6 Å². The highest BCUT2D eigenvalue weighted by Crippen LogP contribution is 2.39. The van der Waals surface area contributed by atoms with Gasteiger partial charge in [-0.3, -0.25) is 9.59 Å². The predicted molar refractivity (Wildman–Crippen MR) is 107 cm³/mol. The number of rotatable bonds is 6. The van der Waals surface area contributed by atoms with Crippen molar-refractivity contribution in [2.75, 3.05) is 6.54 Å². The molecule has 26 heavy (non-hydrogen) atoms. The molecule has 4 nitrogen and oxygen atoms in total. The molecule has 1 aromatic carbocycles. The second-order valence-corrected chi connectivity index (χ2v) is 7.51. The Balaban J connectivity index is 2.06. The fraction of sp³-hybridized carbons (Fsp3) is 0.158. The molecule has 0 aliphatic carbocycles. The number of amides is 1. The van der Waals surface area contributed by atoms with Crippen molar-refractivity contribution < 1.29 is 14.0 Å². The molecule has 0 aliphatic heterocycles. The third-order valence-electron chi connectivity index (χ3n) is 3.73. The van der Waals surface area contributed by atoms with E-state index in [0.29, 0.717) is 22.0 Å². The fourth-order valence-corrected chi connectivity index (χ4v) is 4.14. The van der Waals surface area contributed by atoms with Gasteiger partial charge in [0.25, 0.3) is 0 Å². The fourth-order valence-electron chi connectivity index (χ4n) is 2.49. The third kappa shape index (κ3) is 3.87. The highest BCUT2D eigenvalue weighted by Gasteiger charge is 2.25. The molecule has 134 valence electrons. The van der Waals surface area contributed by atoms with Crippen LogP contribution >= 0.6 is 35.6 Å². The van der Waals surface area contributed by atoms with Crippen molar-refractivity contribution in [2.45, 2.75) is 12.2 Å². The summed E-state index contributed by atoms with van der Waals surface area (Å²) in [7, 11) is 0. The van der Waals surface area contributed by atoms with Gasteiger partial charge >= 0.3 is 0 Å². The number of halogens is 1. The number of thiol groups is 1. The maximum absolute atomic E-state index is 12.6. The molecule has 3 aromatic rings. The van der Waals surface area contributed by atoms with Gasteiger partial charge in [-0.05, 0) is 48.4 Å². The third-order valence-corrected chi connectivity index (χ3v) is 5.69. The van der Waals surface area contributed by atoms with E-state index in [-0.39, 0.29) is 17.5 Å². The maximum atomic E-state index is 12.6. The van der Waals surface area contributed by atoms with Crippen molar-refractivity contribution in [3.63, 3.8) is 0 Å². The lowest BCUT2D eigenvalue weighted by Crippen LogP contribution is -2.26. The molecule has 0 fully saturated rings. The van der Waals surface area contributed by atoms with Gasteiger partial charge < -0.3 is 9.73 Å². The minimum atomic E-state index is -0.685. The van der Waals surface area contributed by atoms with E-state index in [1.54, 1.807) is 30.3 Å². The van der Waals surface area contributed by atoms with Crippen LogP contribution in [0.15, 0.2) is 53.1 Å². The van der Waals surface area contributed by atoms with Crippen LogP contribution < -0.4 is 5.32 Å². The number of ketones is 1. The number of thiophene rings is 1. The van der Waals surface area contributed by atoms with E-state index in [9.17, 15) is 9.59 Å². The van der Waals surface area contributed by atoms with E-state index in [0.717, 1.165) is 10.4 Å². The van der Waals surface area contributed by atoms with Crippen molar-refractivity contribution in [3.05, 3.63) is 70.0 Å². The number of carbonyl (C=O) groups excluding carboxylic acids is 2. The quantitative estimate of drug-likeness (QED) is 0.448. The first kappa shape index (κ1) is 18.8. The van der Waals surface area contributed by atoms with Gasteiger partial charge in [0.15, 0.2) is 5.76 Å². The number of carbonyl (C=O) groups is 2. The second kappa shape index (κ2) is 8.12. The highest BCUT2D eigenvalue weighted by atomic mass is 35.5. The first-order valence-electron chi connectivity index (χ1n) is 7.95. The number of furan rings is 1. The van der Waals surface area contributed by atoms with Crippen LogP contribution in [0, 0.1) is 0 Å². The van der Waals surface area contributed by atoms with Gasteiger partial charge in [0.05, 0.1) is 11.1 Å². The van der Waals surface area contributed by atoms with Gasteiger partial charge in [-0.25, -0.2) is 0 Å². The zero-order valence-electron chi connectivity index (χ0n) is 13.9. The van der Waals surface area contributed by atoms with Crippen molar-refractivity contribution in [1.82, 2.24) is 5.32 Å². The highest BCUT2D eigenvalue weighted by molar-refractivity contribution is 7.81. The normalized spacial score (nSPS) is 12.0. The van der Waals surface area contributed by atoms with E-state index < -0.39 is 5.25 Å². The first-order chi connectivity index (χ1) is 12.5. The van der Waals surface area contributed by atoms with Crippen LogP contribution in [0.3, 0.4) is 0 Å². The molecule has 3 rings (SSSR count). The van der Waals surface area contributed by atoms with Gasteiger partial charge in [0.1, 0.15) is 5.25 Å². The van der Waals surface area contributed by atoms with Crippen LogP contribution in [0.25, 0.3) is 10.4 Å². The zero-order chi connectivity index (χ0) is 18.7. The Hall–Kier alpha value is -2.02. The number of hydrogen-bond acceptors (Lipinski definition) is 5. The van der Waals surface area contributed by atoms with Gasteiger partial charge in [-0.2, -0.15) is 12.6 Å². The standard InChI is InChI=1S/C19H16ClNO3S2/c1-2-21-19(23)17(25)13-10-15(16(22)14-4-3-9-24-14)26-18(13)11-5-7-12(20)8-6-11/h3-10,17,25H,2H2,1H3,(H,21,23). The molecule has 1 amide bonds. The summed E-state index contributed by atoms with van der Waals surface area (Å²) in [6.07, 6.45) is 1.46. The van der Waals surface area contributed by atoms with E-state index in [1.807, 2.05) is 19.1 Å². The van der Waals surface area contributed by atoms with E-state index >= 15 is 0 Å². The first-order valence-corrected chi connectivity index (χ1v) is 9.66. The summed E-state index contributed by atoms with van der Waals surface area (Å²) in [6.45, 7) is 2.35. The van der Waals surface area contributed by atoms with Crippen molar-refractivity contribution in [3.8, 4) is 10.4 Å². The summed E-state index contributed by atoms with van der Waals surface area (Å²) >= 11 is 11.8. The van der Waals surface area contributed by atoms with Crippen molar-refractivity contribution in [2.24, 2.45) is 0 Å². The molecule has 0 aliphatic rings. The molecular weight excluding hydrogens is 390 g/mol. The van der Waals surface area contributed by atoms with Crippen LogP contribution in [0.5, 0.6) is 0 Å². The summed E-state index contributed by atoms with van der Waals surface area (Å²) in [5.41, 5.74) is 1.55. The molecule has 1 unspecified atom stereocenters. The molecule has 0 bridgehead atoms. The van der Waals surface area contributed by atoms with Gasteiger partial charge in [-0.1, -0.05) is 23.7 Å². The lowest BCUT2D eigenvalue weighted by molar-refractivity contribution is -0.120. The molecule has 2 heterocycles. The minimum Gasteiger partial charge on any atom is -0.461 e. The van der Waals surface area contributed by atoms with Gasteiger partial charge in [0.2, 0.25) is 11.7 Å². The number of nitrogens with one attached hydrogen (secondary N) is 1. The molecule has 0 spiro atoms. The van der Waals surface area contributed by atoms with Crippen molar-refractivity contribution >= 4 is 47.3 Å². The molecule has 7 heteroatoms. The molecule has 1 N–H and O–H groups in total. The van der Waals surface area contributed by atoms with Crippen LogP contribution in [0.4, 0.5) is 0 Å². The summed E-state index contributed by atoms with van der Waals surface area (Å²) < 4.78 is 5.21. The summed E-state index contributed by atoms with van der Waals surface area (Å²) in [6, 6.07) is 12.3. The van der Waals surface area contributed by atoms with Crippen molar-refractivity contribution in [1.29, 1.82) is 0 Å². The average Bonchev–Trinajstić information content (AvgIpc) is 3.31. The number of hydrogen-bond donors (Lipinski definition) is 2. The van der Waals surface area contributed by atoms with Gasteiger partial charge in [-0.15, -0.1) is 11.3 Å². The lowest BCUT2D eigenvalue weighted by atomic mass is 10.1. The summed E-state index contributed by atoms with van der Waals surface area (Å²) in [5.74, 6) is -0.173. The predicted octanol–water partition coefficient (Wildman–Crippen LogP) is 5.00. The van der Waals surface area contributed by atoms with Gasteiger partial charge in [0, 0.05) is 16.4 Å². The van der Waals surface area contributed by atoms with E-state index in [4.69, 9.17) is 16.0 Å². The Morgan fingerprint density at radius 2 is 2.00 bits per heavy atom. The molecule has 1 atom stereocenters. The molecule has 2 aromatic heterocycles. The topological polar surface area (TPSA) is 59.3 Å². The van der Waals surface area contributed by atoms with Crippen LogP contribution in [0.2, 0.25) is 5.02 Å². The Labute approximate surface area is 165 Å². The average molecular weight is 406 g/mol. The van der Waals surface area contributed by atoms with Crippen LogP contribution in [-0.4, -0.2) is 18.2 Å². The molecule has 0 radical (unpaired) electrons. The van der Waals surface area contributed by atoms with E-state index in [2.05, 4.69) is 17.9 Å². The monoisotopic (exact) mass is 405 g/mol. The van der Waals surface area contributed by atoms with Crippen LogP contribution in [-0.2, 0) is 4.79 Å². The Morgan fingerprint density at radius 3 is 2.62 bits per heavy atom. The smallest absolute Gasteiger partial charge is 0.238 e. The van der Waals surface area contributed by atoms with Crippen LogP contribution in [0.1, 0.15) is 33.2 Å². The number of likely N-dealkylation sites (N-methyl/N-ethyl adjacent to an activating group) is 1.